The van der Waals surface area contributed by atoms with E-state index in [1.807, 2.05) is 0 Å². The summed E-state index contributed by atoms with van der Waals surface area (Å²) in [5.74, 6) is -4.92. The summed E-state index contributed by atoms with van der Waals surface area (Å²) in [6, 6.07) is -6.34. The van der Waals surface area contributed by atoms with Crippen LogP contribution in [0.2, 0.25) is 0 Å². The molecule has 2 heterocycles. The third-order valence-electron chi connectivity index (χ3n) is 1.57. The molecule has 0 bridgehead atoms. The van der Waals surface area contributed by atoms with Crippen LogP contribution in [-0.4, -0.2) is 17.5 Å². The molecule has 3 nitrogen and oxygen atoms in total. The lowest BCUT2D eigenvalue weighted by Crippen LogP contribution is -2.41. The van der Waals surface area contributed by atoms with Gasteiger partial charge in [-0.3, -0.25) is 0 Å². The summed E-state index contributed by atoms with van der Waals surface area (Å²) in [6.07, 6.45) is -9.25. The van der Waals surface area contributed by atoms with Gasteiger partial charge < -0.3 is 10.6 Å². The van der Waals surface area contributed by atoms with Crippen molar-refractivity contribution in [1.29, 1.82) is 0 Å². The van der Waals surface area contributed by atoms with Gasteiger partial charge in [-0.25, -0.2) is 4.98 Å². The Labute approximate surface area is 115 Å². The SMILES string of the molecule is [2H]c1nc(N)c([2H])c(N2C([2H])([2H])C([2H])(C([2H])([2H])[2H])C([2H])([2H])C([2H])([2H])C2([2H])C([2H])([2H])[2H])c1[2H]. The van der Waals surface area contributed by atoms with Crippen LogP contribution in [0.4, 0.5) is 11.5 Å². The van der Waals surface area contributed by atoms with Crippen LogP contribution in [0.25, 0.3) is 0 Å². The molecule has 0 radical (unpaired) electrons. The van der Waals surface area contributed by atoms with Gasteiger partial charge in [0.1, 0.15) is 5.82 Å². The average molecular weight is 222 g/mol. The summed E-state index contributed by atoms with van der Waals surface area (Å²) < 4.78 is 136. The number of rotatable bonds is 1. The largest absolute Gasteiger partial charge is 0.384 e. The van der Waals surface area contributed by atoms with Gasteiger partial charge in [0.2, 0.25) is 0 Å². The van der Waals surface area contributed by atoms with E-state index in [4.69, 9.17) is 29.0 Å². The lowest BCUT2D eigenvalue weighted by molar-refractivity contribution is 0.390. The van der Waals surface area contributed by atoms with Gasteiger partial charge in [-0.2, -0.15) is 0 Å². The predicted octanol–water partition coefficient (Wildman–Crippen LogP) is 2.29. The predicted molar refractivity (Wildman–Crippen MR) is 63.9 cm³/mol. The van der Waals surface area contributed by atoms with E-state index in [0.717, 1.165) is 0 Å². The minimum atomic E-state index is -4.12. The van der Waals surface area contributed by atoms with E-state index >= 15 is 0 Å². The van der Waals surface area contributed by atoms with Crippen LogP contribution in [0.15, 0.2) is 18.3 Å². The zero-order chi connectivity index (χ0) is 25.7. The van der Waals surface area contributed by atoms with Crippen molar-refractivity contribution < 1.29 is 23.3 Å². The van der Waals surface area contributed by atoms with E-state index < -0.39 is 79.5 Å². The number of nitrogens with two attached hydrogens (primary N) is 1. The topological polar surface area (TPSA) is 42.1 Å². The third kappa shape index (κ3) is 2.22. The molecule has 0 amide bonds. The highest BCUT2D eigenvalue weighted by molar-refractivity contribution is 5.53. The van der Waals surface area contributed by atoms with Crippen molar-refractivity contribution in [2.75, 3.05) is 17.1 Å². The highest BCUT2D eigenvalue weighted by atomic mass is 15.2. The van der Waals surface area contributed by atoms with E-state index in [1.165, 1.54) is 0 Å². The first-order chi connectivity index (χ1) is 13.9. The van der Waals surface area contributed by atoms with Crippen molar-refractivity contribution in [3.8, 4) is 0 Å². The maximum absolute atomic E-state index is 8.55. The van der Waals surface area contributed by atoms with Crippen LogP contribution < -0.4 is 10.6 Å². The van der Waals surface area contributed by atoms with Gasteiger partial charge in [0.05, 0.1) is 5.48 Å². The Morgan fingerprint density at radius 2 is 2.67 bits per heavy atom. The quantitative estimate of drug-likeness (QED) is 0.793. The van der Waals surface area contributed by atoms with Gasteiger partial charge in [-0.1, -0.05) is 6.85 Å². The lowest BCUT2D eigenvalue weighted by Gasteiger charge is -2.38. The summed E-state index contributed by atoms with van der Waals surface area (Å²) in [5.41, 5.74) is 4.20. The molecule has 15 heavy (non-hydrogen) atoms. The minimum absolute atomic E-state index is 0.422. The van der Waals surface area contributed by atoms with Crippen LogP contribution in [0.1, 0.15) is 49.8 Å². The molecule has 1 aliphatic heterocycles. The molecule has 0 aromatic carbocycles. The molecule has 0 aliphatic carbocycles. The standard InChI is InChI=1S/C12H19N3/c1-9-3-4-10(2)15(8-9)11-5-6-14-12(13)7-11/h5-7,9-10H,3-4,8H2,1-2H3,(H2,13,14)/i1D3,2D3,3D2,4D2,5D,6D,7D,8D2,9D,10D. The van der Waals surface area contributed by atoms with Crippen LogP contribution in [-0.2, 0) is 0 Å². The first kappa shape index (κ1) is 2.22. The molecule has 2 atom stereocenters. The Morgan fingerprint density at radius 1 is 1.73 bits per heavy atom. The molecular weight excluding hydrogens is 186 g/mol. The third-order valence-corrected chi connectivity index (χ3v) is 1.57. The smallest absolute Gasteiger partial charge is 0.125 e. The first-order valence-electron chi connectivity index (χ1n) is 12.4. The van der Waals surface area contributed by atoms with E-state index in [1.54, 1.807) is 0 Å². The second kappa shape index (κ2) is 4.09. The van der Waals surface area contributed by atoms with E-state index in [0.29, 0.717) is 0 Å². The second-order valence-corrected chi connectivity index (χ2v) is 2.63. The molecule has 0 saturated carbocycles. The number of nitrogens with zero attached hydrogens (tertiary/aromatic N) is 2. The lowest BCUT2D eigenvalue weighted by atomic mass is 9.94. The molecule has 1 saturated heterocycles. The number of anilines is 2. The minimum Gasteiger partial charge on any atom is -0.384 e. The van der Waals surface area contributed by atoms with Crippen LogP contribution >= 0.6 is 0 Å². The molecule has 1 aromatic rings. The van der Waals surface area contributed by atoms with Crippen molar-refractivity contribution in [2.24, 2.45) is 5.89 Å². The molecule has 1 fully saturated rings. The van der Waals surface area contributed by atoms with Gasteiger partial charge in [0.15, 0.2) is 0 Å². The molecule has 1 aromatic heterocycles. The summed E-state index contributed by atoms with van der Waals surface area (Å²) in [4.78, 5) is 2.91. The fourth-order valence-corrected chi connectivity index (χ4v) is 0.974. The Bertz CT molecular complexity index is 910. The monoisotopic (exact) mass is 222 g/mol. The first-order valence-corrected chi connectivity index (χ1v) is 3.91. The molecule has 2 N–H and O–H groups in total. The number of piperidine rings is 1. The molecule has 1 aliphatic rings. The van der Waals surface area contributed by atoms with Crippen LogP contribution in [0.3, 0.4) is 0 Å². The van der Waals surface area contributed by atoms with Crippen LogP contribution in [0.5, 0.6) is 0 Å². The number of aromatic nitrogens is 1. The van der Waals surface area contributed by atoms with Gasteiger partial charge in [0.25, 0.3) is 0 Å². The Kier molecular flexibility index (Phi) is 0.604. The van der Waals surface area contributed by atoms with Gasteiger partial charge in [-0.05, 0) is 31.5 Å². The number of pyridine rings is 1. The Balaban J connectivity index is 3.25. The molecule has 2 rings (SSSR count). The van der Waals surface area contributed by atoms with E-state index in [9.17, 15) is 0 Å². The molecule has 3 heteroatoms. The van der Waals surface area contributed by atoms with E-state index in [2.05, 4.69) is 4.98 Å². The highest BCUT2D eigenvalue weighted by Gasteiger charge is 2.22. The van der Waals surface area contributed by atoms with Crippen molar-refractivity contribution >= 4 is 11.5 Å². The summed E-state index contributed by atoms with van der Waals surface area (Å²) in [6.45, 7) is -11.9. The molecular formula is C12H19N3. The Hall–Kier alpha value is -1.25. The summed E-state index contributed by atoms with van der Waals surface area (Å²) in [5, 5.41) is 0. The van der Waals surface area contributed by atoms with Gasteiger partial charge in [0, 0.05) is 48.2 Å². The Morgan fingerprint density at radius 3 is 3.47 bits per heavy atom. The maximum atomic E-state index is 8.55. The van der Waals surface area contributed by atoms with Crippen molar-refractivity contribution in [2.45, 2.75) is 32.5 Å². The zero-order valence-corrected chi connectivity index (χ0v) is 7.47. The van der Waals surface area contributed by atoms with Crippen molar-refractivity contribution in [3.05, 3.63) is 18.3 Å². The van der Waals surface area contributed by atoms with Gasteiger partial charge in [-0.15, -0.1) is 0 Å². The molecule has 2 unspecified atom stereocenters. The fourth-order valence-electron chi connectivity index (χ4n) is 0.974. The zero-order valence-electron chi connectivity index (χ0n) is 24.5. The molecule has 0 spiro atoms. The number of hydrogen-bond donors (Lipinski definition) is 1. The number of nitrogen functional groups attached to an aromatic ring is 1. The number of hydrogen-bond acceptors (Lipinski definition) is 3. The van der Waals surface area contributed by atoms with Crippen molar-refractivity contribution in [1.82, 2.24) is 4.98 Å². The second-order valence-electron chi connectivity index (χ2n) is 2.63. The maximum Gasteiger partial charge on any atom is 0.125 e. The summed E-state index contributed by atoms with van der Waals surface area (Å²) in [7, 11) is 0. The van der Waals surface area contributed by atoms with Crippen molar-refractivity contribution in [3.63, 3.8) is 0 Å². The fraction of sp³-hybridized carbons (Fsp3) is 0.583. The normalized spacial score (nSPS) is 64.8. The molecule has 82 valence electrons. The van der Waals surface area contributed by atoms with Gasteiger partial charge >= 0.3 is 0 Å². The highest BCUT2D eigenvalue weighted by Crippen LogP contribution is 2.27. The summed E-state index contributed by atoms with van der Waals surface area (Å²) >= 11 is 0. The van der Waals surface area contributed by atoms with Crippen LogP contribution in [0, 0.1) is 5.89 Å². The average Bonchev–Trinajstić information content (AvgIpc) is 2.58. The van der Waals surface area contributed by atoms with E-state index in [-0.39, 0.29) is 0 Å².